The summed E-state index contributed by atoms with van der Waals surface area (Å²) in [4.78, 5) is 11.6. The maximum atomic E-state index is 11.6. The molecule has 0 radical (unpaired) electrons. The summed E-state index contributed by atoms with van der Waals surface area (Å²) < 4.78 is 1.76. The molecule has 2 rings (SSSR count). The molecule has 0 aliphatic rings. The monoisotopic (exact) mass is 285 g/mol. The van der Waals surface area contributed by atoms with Crippen LogP contribution >= 0.6 is 0 Å². The van der Waals surface area contributed by atoms with Crippen molar-refractivity contribution < 1.29 is 9.90 Å². The van der Waals surface area contributed by atoms with Crippen molar-refractivity contribution in [2.75, 3.05) is 0 Å². The zero-order valence-corrected chi connectivity index (χ0v) is 13.2. The van der Waals surface area contributed by atoms with Crippen LogP contribution < -0.4 is 5.11 Å². The molecule has 2 aromatic rings. The smallest absolute Gasteiger partial charge is 0.0752 e. The molecule has 0 spiro atoms. The summed E-state index contributed by atoms with van der Waals surface area (Å²) >= 11 is 0. The minimum absolute atomic E-state index is 0.0284. The van der Waals surface area contributed by atoms with Crippen molar-refractivity contribution >= 4 is 5.97 Å². The first-order valence-corrected chi connectivity index (χ1v) is 7.24. The molecule has 4 heteroatoms. The molecule has 0 amide bonds. The number of aryl methyl sites for hydroxylation is 1. The number of carbonyl (C=O) groups excluding carboxylic acids is 1. The van der Waals surface area contributed by atoms with E-state index in [0.29, 0.717) is 11.4 Å². The van der Waals surface area contributed by atoms with Gasteiger partial charge in [0.05, 0.1) is 23.0 Å². The first-order valence-electron chi connectivity index (χ1n) is 7.24. The van der Waals surface area contributed by atoms with Crippen LogP contribution in [0.5, 0.6) is 0 Å². The SMILES string of the molecule is Cc1ccccc1-n1nc(C(C)C)c(C(=O)[O-])c1C(C)C. The Kier molecular flexibility index (Phi) is 4.16. The second-order valence-electron chi connectivity index (χ2n) is 5.94. The average molecular weight is 285 g/mol. The van der Waals surface area contributed by atoms with Gasteiger partial charge in [-0.25, -0.2) is 4.68 Å². The third-order valence-electron chi connectivity index (χ3n) is 3.59. The molecule has 0 saturated carbocycles. The number of hydrogen-bond acceptors (Lipinski definition) is 3. The van der Waals surface area contributed by atoms with Crippen LogP contribution in [0.4, 0.5) is 0 Å². The first kappa shape index (κ1) is 15.3. The second kappa shape index (κ2) is 5.72. The number of benzene rings is 1. The summed E-state index contributed by atoms with van der Waals surface area (Å²) in [6, 6.07) is 7.84. The maximum absolute atomic E-state index is 11.6. The molecule has 4 nitrogen and oxygen atoms in total. The van der Waals surface area contributed by atoms with Gasteiger partial charge in [0, 0.05) is 5.56 Å². The highest BCUT2D eigenvalue weighted by Gasteiger charge is 2.24. The minimum Gasteiger partial charge on any atom is -0.545 e. The van der Waals surface area contributed by atoms with E-state index in [9.17, 15) is 9.90 Å². The predicted octanol–water partition coefficient (Wildman–Crippen LogP) is 2.79. The molecule has 0 bridgehead atoms. The minimum atomic E-state index is -1.15. The molecule has 0 aliphatic heterocycles. The molecule has 1 aromatic heterocycles. The summed E-state index contributed by atoms with van der Waals surface area (Å²) in [5.74, 6) is -1.08. The number of para-hydroxylation sites is 1. The second-order valence-corrected chi connectivity index (χ2v) is 5.94. The van der Waals surface area contributed by atoms with Crippen LogP contribution in [-0.4, -0.2) is 15.7 Å². The fraction of sp³-hybridized carbons (Fsp3) is 0.412. The van der Waals surface area contributed by atoms with Crippen molar-refractivity contribution in [1.82, 2.24) is 9.78 Å². The van der Waals surface area contributed by atoms with Crippen molar-refractivity contribution in [2.45, 2.75) is 46.5 Å². The molecule has 0 N–H and O–H groups in total. The van der Waals surface area contributed by atoms with E-state index in [1.807, 2.05) is 58.9 Å². The normalized spacial score (nSPS) is 11.4. The summed E-state index contributed by atoms with van der Waals surface area (Å²) in [6.45, 7) is 9.83. The van der Waals surface area contributed by atoms with Gasteiger partial charge in [-0.05, 0) is 30.4 Å². The van der Waals surface area contributed by atoms with E-state index in [2.05, 4.69) is 5.10 Å². The number of aromatic carboxylic acids is 1. The Morgan fingerprint density at radius 3 is 2.24 bits per heavy atom. The third-order valence-corrected chi connectivity index (χ3v) is 3.59. The summed E-state index contributed by atoms with van der Waals surface area (Å²) in [6.07, 6.45) is 0. The van der Waals surface area contributed by atoms with Gasteiger partial charge in [-0.2, -0.15) is 5.10 Å². The largest absolute Gasteiger partial charge is 0.545 e. The van der Waals surface area contributed by atoms with Gasteiger partial charge >= 0.3 is 0 Å². The van der Waals surface area contributed by atoms with E-state index >= 15 is 0 Å². The lowest BCUT2D eigenvalue weighted by Gasteiger charge is -2.15. The van der Waals surface area contributed by atoms with Gasteiger partial charge in [-0.15, -0.1) is 0 Å². The van der Waals surface area contributed by atoms with E-state index in [1.54, 1.807) is 4.68 Å². The van der Waals surface area contributed by atoms with Crippen LogP contribution in [0.1, 0.15) is 66.8 Å². The van der Waals surface area contributed by atoms with Crippen molar-refractivity contribution in [3.63, 3.8) is 0 Å². The standard InChI is InChI=1S/C17H22N2O2/c1-10(2)15-14(17(20)21)16(11(3)4)19(18-15)13-9-7-6-8-12(13)5/h6-11H,1-5H3,(H,20,21)/p-1. The van der Waals surface area contributed by atoms with Crippen molar-refractivity contribution in [3.8, 4) is 5.69 Å². The number of hydrogen-bond donors (Lipinski definition) is 0. The van der Waals surface area contributed by atoms with Gasteiger partial charge in [0.1, 0.15) is 0 Å². The Hall–Kier alpha value is -2.10. The Bertz CT molecular complexity index is 669. The van der Waals surface area contributed by atoms with Crippen molar-refractivity contribution in [1.29, 1.82) is 0 Å². The summed E-state index contributed by atoms with van der Waals surface area (Å²) in [7, 11) is 0. The molecule has 1 heterocycles. The molecule has 1 aromatic carbocycles. The Balaban J connectivity index is 2.81. The molecule has 0 atom stereocenters. The van der Waals surface area contributed by atoms with Crippen LogP contribution in [0.3, 0.4) is 0 Å². The fourth-order valence-electron chi connectivity index (χ4n) is 2.58. The number of rotatable bonds is 4. The lowest BCUT2D eigenvalue weighted by molar-refractivity contribution is -0.255. The van der Waals surface area contributed by atoms with E-state index in [1.165, 1.54) is 0 Å². The molecule has 0 fully saturated rings. The van der Waals surface area contributed by atoms with Crippen LogP contribution in [0.25, 0.3) is 5.69 Å². The molecule has 0 aliphatic carbocycles. The van der Waals surface area contributed by atoms with E-state index in [0.717, 1.165) is 11.3 Å². The van der Waals surface area contributed by atoms with Gasteiger partial charge in [0.15, 0.2) is 0 Å². The zero-order chi connectivity index (χ0) is 15.7. The van der Waals surface area contributed by atoms with Crippen LogP contribution in [0.2, 0.25) is 0 Å². The zero-order valence-electron chi connectivity index (χ0n) is 13.2. The van der Waals surface area contributed by atoms with Crippen molar-refractivity contribution in [2.24, 2.45) is 0 Å². The molecule has 0 unspecified atom stereocenters. The Labute approximate surface area is 125 Å². The van der Waals surface area contributed by atoms with Crippen molar-refractivity contribution in [3.05, 3.63) is 46.8 Å². The van der Waals surface area contributed by atoms with Crippen LogP contribution in [-0.2, 0) is 0 Å². The maximum Gasteiger partial charge on any atom is 0.0752 e. The number of carboxylic acids is 1. The fourth-order valence-corrected chi connectivity index (χ4v) is 2.58. The Morgan fingerprint density at radius 2 is 1.76 bits per heavy atom. The van der Waals surface area contributed by atoms with Gasteiger partial charge in [-0.3, -0.25) is 0 Å². The topological polar surface area (TPSA) is 58.0 Å². The van der Waals surface area contributed by atoms with Crippen LogP contribution in [0.15, 0.2) is 24.3 Å². The predicted molar refractivity (Wildman–Crippen MR) is 80.8 cm³/mol. The first-order chi connectivity index (χ1) is 9.84. The van der Waals surface area contributed by atoms with Gasteiger partial charge < -0.3 is 9.90 Å². The summed E-state index contributed by atoms with van der Waals surface area (Å²) in [5.41, 5.74) is 3.50. The number of carbonyl (C=O) groups is 1. The van der Waals surface area contributed by atoms with Gasteiger partial charge in [-0.1, -0.05) is 45.9 Å². The Morgan fingerprint density at radius 1 is 1.14 bits per heavy atom. The quantitative estimate of drug-likeness (QED) is 0.868. The highest BCUT2D eigenvalue weighted by molar-refractivity contribution is 5.89. The number of nitrogens with zero attached hydrogens (tertiary/aromatic N) is 2. The lowest BCUT2D eigenvalue weighted by atomic mass is 9.98. The lowest BCUT2D eigenvalue weighted by Crippen LogP contribution is -2.25. The molecular formula is C17H21N2O2-. The third kappa shape index (κ3) is 2.71. The number of carboxylic acid groups (broad SMARTS) is 1. The highest BCUT2D eigenvalue weighted by Crippen LogP contribution is 2.30. The van der Waals surface area contributed by atoms with E-state index in [-0.39, 0.29) is 17.4 Å². The average Bonchev–Trinajstić information content (AvgIpc) is 2.79. The highest BCUT2D eigenvalue weighted by atomic mass is 16.4. The van der Waals surface area contributed by atoms with Crippen LogP contribution in [0, 0.1) is 6.92 Å². The molecule has 0 saturated heterocycles. The van der Waals surface area contributed by atoms with E-state index < -0.39 is 5.97 Å². The number of aromatic nitrogens is 2. The molecule has 112 valence electrons. The molecule has 21 heavy (non-hydrogen) atoms. The van der Waals surface area contributed by atoms with E-state index in [4.69, 9.17) is 0 Å². The van der Waals surface area contributed by atoms with Gasteiger partial charge in [0.25, 0.3) is 0 Å². The summed E-state index contributed by atoms with van der Waals surface area (Å²) in [5, 5.41) is 16.2. The van der Waals surface area contributed by atoms with Gasteiger partial charge in [0.2, 0.25) is 0 Å². The molecular weight excluding hydrogens is 264 g/mol.